The van der Waals surface area contributed by atoms with E-state index in [0.717, 1.165) is 6.42 Å². The van der Waals surface area contributed by atoms with Crippen molar-refractivity contribution in [3.63, 3.8) is 0 Å². The number of pyridine rings is 1. The maximum absolute atomic E-state index is 13.6. The molecule has 0 bridgehead atoms. The van der Waals surface area contributed by atoms with Crippen LogP contribution in [0.4, 0.5) is 4.79 Å². The van der Waals surface area contributed by atoms with Crippen molar-refractivity contribution in [3.8, 4) is 5.75 Å². The lowest BCUT2D eigenvalue weighted by Crippen LogP contribution is -2.43. The van der Waals surface area contributed by atoms with E-state index in [4.69, 9.17) is 9.47 Å². The minimum absolute atomic E-state index is 0.103. The van der Waals surface area contributed by atoms with Crippen molar-refractivity contribution >= 4 is 26.9 Å². The molecular formula is C21H27N3O5S. The van der Waals surface area contributed by atoms with Crippen LogP contribution in [0.3, 0.4) is 0 Å². The van der Waals surface area contributed by atoms with E-state index < -0.39 is 15.6 Å². The molecule has 1 aromatic heterocycles. The summed E-state index contributed by atoms with van der Waals surface area (Å²) in [6.07, 6.45) is 3.52. The number of rotatable bonds is 3. The fourth-order valence-electron chi connectivity index (χ4n) is 4.34. The van der Waals surface area contributed by atoms with Gasteiger partial charge in [-0.25, -0.2) is 13.2 Å². The SMILES string of the molecule is COc1cncc2cccc(S(=O)(=O)N3C[C@@H]4CCN(C(=O)OC(C)(C)C)[C@@H]4C3)c12. The number of aromatic nitrogens is 1. The summed E-state index contributed by atoms with van der Waals surface area (Å²) in [6, 6.07) is 4.95. The van der Waals surface area contributed by atoms with Crippen LogP contribution in [0.15, 0.2) is 35.5 Å². The van der Waals surface area contributed by atoms with Gasteiger partial charge in [0.1, 0.15) is 11.4 Å². The van der Waals surface area contributed by atoms with E-state index in [1.165, 1.54) is 17.6 Å². The lowest BCUT2D eigenvalue weighted by atomic mass is 10.1. The predicted molar refractivity (Wildman–Crippen MR) is 112 cm³/mol. The Bertz CT molecular complexity index is 1070. The highest BCUT2D eigenvalue weighted by Crippen LogP contribution is 2.38. The van der Waals surface area contributed by atoms with Crippen LogP contribution in [0, 0.1) is 5.92 Å². The first-order valence-electron chi connectivity index (χ1n) is 10.0. The minimum atomic E-state index is -3.78. The monoisotopic (exact) mass is 433 g/mol. The smallest absolute Gasteiger partial charge is 0.410 e. The van der Waals surface area contributed by atoms with Crippen LogP contribution in [-0.4, -0.2) is 67.1 Å². The molecule has 2 atom stereocenters. The largest absolute Gasteiger partial charge is 0.494 e. The number of carbonyl (C=O) groups excluding carboxylic acids is 1. The van der Waals surface area contributed by atoms with E-state index in [2.05, 4.69) is 4.98 Å². The Labute approximate surface area is 176 Å². The summed E-state index contributed by atoms with van der Waals surface area (Å²) >= 11 is 0. The molecule has 0 N–H and O–H groups in total. The zero-order valence-corrected chi connectivity index (χ0v) is 18.5. The van der Waals surface area contributed by atoms with Crippen LogP contribution >= 0.6 is 0 Å². The van der Waals surface area contributed by atoms with Crippen LogP contribution in [0.1, 0.15) is 27.2 Å². The summed E-state index contributed by atoms with van der Waals surface area (Å²) in [5, 5.41) is 1.22. The van der Waals surface area contributed by atoms with Crippen LogP contribution < -0.4 is 4.74 Å². The molecule has 2 aliphatic rings. The van der Waals surface area contributed by atoms with Gasteiger partial charge in [0.2, 0.25) is 10.0 Å². The number of methoxy groups -OCH3 is 1. The summed E-state index contributed by atoms with van der Waals surface area (Å²) < 4.78 is 39.5. The zero-order valence-electron chi connectivity index (χ0n) is 17.7. The van der Waals surface area contributed by atoms with E-state index in [0.29, 0.717) is 29.6 Å². The van der Waals surface area contributed by atoms with Gasteiger partial charge >= 0.3 is 6.09 Å². The normalized spacial score (nSPS) is 22.3. The first-order chi connectivity index (χ1) is 14.1. The van der Waals surface area contributed by atoms with Crippen molar-refractivity contribution in [1.29, 1.82) is 0 Å². The highest BCUT2D eigenvalue weighted by atomic mass is 32.2. The lowest BCUT2D eigenvalue weighted by molar-refractivity contribution is 0.0223. The van der Waals surface area contributed by atoms with Crippen molar-refractivity contribution in [2.24, 2.45) is 5.92 Å². The fraction of sp³-hybridized carbons (Fsp3) is 0.524. The first kappa shape index (κ1) is 20.9. The number of fused-ring (bicyclic) bond motifs is 2. The Morgan fingerprint density at radius 1 is 1.20 bits per heavy atom. The van der Waals surface area contributed by atoms with E-state index >= 15 is 0 Å². The van der Waals surface area contributed by atoms with Gasteiger partial charge in [0.05, 0.1) is 24.2 Å². The van der Waals surface area contributed by atoms with E-state index in [-0.39, 0.29) is 29.5 Å². The van der Waals surface area contributed by atoms with E-state index in [9.17, 15) is 13.2 Å². The second-order valence-electron chi connectivity index (χ2n) is 8.81. The average molecular weight is 434 g/mol. The third-order valence-corrected chi connectivity index (χ3v) is 7.56. The van der Waals surface area contributed by atoms with Gasteiger partial charge in [-0.2, -0.15) is 4.31 Å². The summed E-state index contributed by atoms with van der Waals surface area (Å²) in [5.41, 5.74) is -0.590. The molecule has 162 valence electrons. The molecule has 0 aliphatic carbocycles. The van der Waals surface area contributed by atoms with Gasteiger partial charge in [-0.05, 0) is 39.2 Å². The molecule has 4 rings (SSSR count). The van der Waals surface area contributed by atoms with Gasteiger partial charge in [0, 0.05) is 36.6 Å². The highest BCUT2D eigenvalue weighted by molar-refractivity contribution is 7.89. The second-order valence-corrected chi connectivity index (χ2v) is 10.7. The molecule has 8 nitrogen and oxygen atoms in total. The van der Waals surface area contributed by atoms with E-state index in [1.807, 2.05) is 26.8 Å². The quantitative estimate of drug-likeness (QED) is 0.740. The predicted octanol–water partition coefficient (Wildman–Crippen LogP) is 2.87. The van der Waals surface area contributed by atoms with Crippen LogP contribution in [-0.2, 0) is 14.8 Å². The summed E-state index contributed by atoms with van der Waals surface area (Å²) in [6.45, 7) is 6.71. The Morgan fingerprint density at radius 2 is 1.97 bits per heavy atom. The summed E-state index contributed by atoms with van der Waals surface area (Å²) in [4.78, 5) is 18.6. The molecule has 2 aromatic rings. The second kappa shape index (κ2) is 7.39. The number of nitrogens with zero attached hydrogens (tertiary/aromatic N) is 3. The molecule has 2 aliphatic heterocycles. The summed E-state index contributed by atoms with van der Waals surface area (Å²) in [7, 11) is -2.28. The number of carbonyl (C=O) groups is 1. The summed E-state index contributed by atoms with van der Waals surface area (Å²) in [5.74, 6) is 0.521. The van der Waals surface area contributed by atoms with E-state index in [1.54, 1.807) is 23.2 Å². The van der Waals surface area contributed by atoms with Gasteiger partial charge in [-0.1, -0.05) is 12.1 Å². The molecule has 0 spiro atoms. The number of amides is 1. The molecule has 3 heterocycles. The van der Waals surface area contributed by atoms with Crippen LogP contribution in [0.5, 0.6) is 5.75 Å². The molecule has 1 amide bonds. The van der Waals surface area contributed by atoms with Gasteiger partial charge < -0.3 is 14.4 Å². The molecule has 1 aromatic carbocycles. The number of sulfonamides is 1. The topological polar surface area (TPSA) is 89.0 Å². The first-order valence-corrected chi connectivity index (χ1v) is 11.5. The Balaban J connectivity index is 1.64. The van der Waals surface area contributed by atoms with Crippen molar-refractivity contribution in [1.82, 2.24) is 14.2 Å². The van der Waals surface area contributed by atoms with Crippen molar-refractivity contribution in [3.05, 3.63) is 30.6 Å². The van der Waals surface area contributed by atoms with Gasteiger partial charge in [0.25, 0.3) is 0 Å². The number of hydrogen-bond donors (Lipinski definition) is 0. The number of ether oxygens (including phenoxy) is 2. The Hall–Kier alpha value is -2.39. The molecule has 0 saturated carbocycles. The number of likely N-dealkylation sites (tertiary alicyclic amines) is 1. The van der Waals surface area contributed by atoms with Crippen LogP contribution in [0.2, 0.25) is 0 Å². The van der Waals surface area contributed by atoms with Gasteiger partial charge in [0.15, 0.2) is 0 Å². The van der Waals surface area contributed by atoms with Crippen molar-refractivity contribution in [2.75, 3.05) is 26.7 Å². The maximum atomic E-state index is 13.6. The minimum Gasteiger partial charge on any atom is -0.494 e. The third-order valence-electron chi connectivity index (χ3n) is 5.69. The van der Waals surface area contributed by atoms with Gasteiger partial charge in [-0.3, -0.25) is 4.98 Å². The number of benzene rings is 1. The molecule has 2 fully saturated rings. The standard InChI is InChI=1S/C21H27N3O5S/c1-21(2,3)29-20(25)24-9-8-15-12-23(13-16(15)24)30(26,27)18-7-5-6-14-10-22-11-17(28-4)19(14)18/h5-7,10-11,15-16H,8-9,12-13H2,1-4H3/t15-,16+/m0/s1. The molecule has 0 unspecified atom stereocenters. The molecule has 0 radical (unpaired) electrons. The Kier molecular flexibility index (Phi) is 5.14. The van der Waals surface area contributed by atoms with Crippen molar-refractivity contribution in [2.45, 2.75) is 43.7 Å². The maximum Gasteiger partial charge on any atom is 0.410 e. The third kappa shape index (κ3) is 3.60. The zero-order chi connectivity index (χ0) is 21.7. The molecule has 9 heteroatoms. The van der Waals surface area contributed by atoms with Gasteiger partial charge in [-0.15, -0.1) is 0 Å². The molecular weight excluding hydrogens is 406 g/mol. The van der Waals surface area contributed by atoms with Crippen LogP contribution in [0.25, 0.3) is 10.8 Å². The number of hydrogen-bond acceptors (Lipinski definition) is 6. The molecule has 2 saturated heterocycles. The molecule has 30 heavy (non-hydrogen) atoms. The fourth-order valence-corrected chi connectivity index (χ4v) is 6.09. The highest BCUT2D eigenvalue weighted by Gasteiger charge is 2.48. The lowest BCUT2D eigenvalue weighted by Gasteiger charge is -2.28. The van der Waals surface area contributed by atoms with Crippen molar-refractivity contribution < 1.29 is 22.7 Å². The average Bonchev–Trinajstić information content (AvgIpc) is 3.26. The Morgan fingerprint density at radius 3 is 2.67 bits per heavy atom.